The summed E-state index contributed by atoms with van der Waals surface area (Å²) in [5.41, 5.74) is 2.03. The summed E-state index contributed by atoms with van der Waals surface area (Å²) in [5, 5.41) is 10.9. The predicted molar refractivity (Wildman–Crippen MR) is 123 cm³/mol. The lowest BCUT2D eigenvalue weighted by atomic mass is 10.1. The molecule has 1 fully saturated rings. The van der Waals surface area contributed by atoms with Crippen LogP contribution in [-0.4, -0.2) is 34.3 Å². The van der Waals surface area contributed by atoms with E-state index in [1.165, 1.54) is 0 Å². The molecule has 4 aromatic rings. The monoisotopic (exact) mass is 433 g/mol. The summed E-state index contributed by atoms with van der Waals surface area (Å²) < 4.78 is 6.09. The third kappa shape index (κ3) is 4.27. The van der Waals surface area contributed by atoms with Crippen molar-refractivity contribution in [3.05, 3.63) is 80.8 Å². The highest BCUT2D eigenvalue weighted by molar-refractivity contribution is 7.09. The van der Waals surface area contributed by atoms with Crippen molar-refractivity contribution in [1.82, 2.24) is 9.97 Å². The standard InChI is InChI=1S/C24H23N3O3S/c28-23-21(31-24(29)26-23)14-16-7-10-19(11-8-16)30-15-18-5-3-13-27(18)22-12-9-17-4-1-2-6-20(17)25-22/h1-2,4,6-12,18,28H,3,5,13-15H2,(H,26,29)/t18-/m0/s1. The summed E-state index contributed by atoms with van der Waals surface area (Å²) in [4.78, 5) is 21.3. The Balaban J connectivity index is 1.23. The first-order valence-corrected chi connectivity index (χ1v) is 11.2. The van der Waals surface area contributed by atoms with Crippen LogP contribution in [0.1, 0.15) is 23.3 Å². The number of aromatic nitrogens is 2. The molecule has 0 unspecified atom stereocenters. The van der Waals surface area contributed by atoms with Crippen LogP contribution in [-0.2, 0) is 6.42 Å². The van der Waals surface area contributed by atoms with Crippen LogP contribution in [0.5, 0.6) is 11.6 Å². The molecule has 31 heavy (non-hydrogen) atoms. The van der Waals surface area contributed by atoms with E-state index in [2.05, 4.69) is 28.1 Å². The van der Waals surface area contributed by atoms with E-state index < -0.39 is 0 Å². The molecule has 0 spiro atoms. The van der Waals surface area contributed by atoms with Crippen molar-refractivity contribution >= 4 is 28.1 Å². The van der Waals surface area contributed by atoms with E-state index >= 15 is 0 Å². The molecule has 2 N–H and O–H groups in total. The fourth-order valence-corrected chi connectivity index (χ4v) is 4.84. The van der Waals surface area contributed by atoms with Crippen molar-refractivity contribution in [2.75, 3.05) is 18.1 Å². The summed E-state index contributed by atoms with van der Waals surface area (Å²) in [5.74, 6) is 1.78. The van der Waals surface area contributed by atoms with E-state index in [0.717, 1.165) is 58.8 Å². The van der Waals surface area contributed by atoms with E-state index in [1.54, 1.807) is 0 Å². The highest BCUT2D eigenvalue weighted by Crippen LogP contribution is 2.27. The Bertz CT molecular complexity index is 1250. The number of fused-ring (bicyclic) bond motifs is 1. The minimum absolute atomic E-state index is 0.0426. The van der Waals surface area contributed by atoms with E-state index in [0.29, 0.717) is 23.9 Å². The Kier molecular flexibility index (Phi) is 5.34. The molecule has 1 aliphatic heterocycles. The predicted octanol–water partition coefficient (Wildman–Crippen LogP) is 4.33. The van der Waals surface area contributed by atoms with Crippen molar-refractivity contribution in [1.29, 1.82) is 0 Å². The van der Waals surface area contributed by atoms with Crippen LogP contribution in [0.15, 0.2) is 65.5 Å². The molecular formula is C24H23N3O3S. The van der Waals surface area contributed by atoms with Crippen molar-refractivity contribution < 1.29 is 9.84 Å². The first-order chi connectivity index (χ1) is 15.2. The van der Waals surface area contributed by atoms with Gasteiger partial charge in [-0.15, -0.1) is 0 Å². The topological polar surface area (TPSA) is 78.5 Å². The summed E-state index contributed by atoms with van der Waals surface area (Å²) in [6.45, 7) is 1.59. The average molecular weight is 434 g/mol. The zero-order valence-corrected chi connectivity index (χ0v) is 17.8. The molecule has 3 heterocycles. The van der Waals surface area contributed by atoms with Gasteiger partial charge in [0.05, 0.1) is 16.4 Å². The van der Waals surface area contributed by atoms with Crippen molar-refractivity contribution in [3.63, 3.8) is 0 Å². The number of ether oxygens (including phenoxy) is 1. The molecule has 0 amide bonds. The van der Waals surface area contributed by atoms with Crippen LogP contribution in [0.3, 0.4) is 0 Å². The van der Waals surface area contributed by atoms with Gasteiger partial charge in [-0.2, -0.15) is 0 Å². The van der Waals surface area contributed by atoms with Gasteiger partial charge in [0.15, 0.2) is 0 Å². The number of nitrogens with zero attached hydrogens (tertiary/aromatic N) is 2. The minimum Gasteiger partial charge on any atom is -0.494 e. The minimum atomic E-state index is -0.241. The number of nitrogens with one attached hydrogen (secondary N) is 1. The zero-order valence-electron chi connectivity index (χ0n) is 17.0. The first-order valence-electron chi connectivity index (χ1n) is 10.4. The number of aromatic amines is 1. The average Bonchev–Trinajstić information content (AvgIpc) is 3.38. The van der Waals surface area contributed by atoms with E-state index in [1.807, 2.05) is 42.5 Å². The van der Waals surface area contributed by atoms with Crippen molar-refractivity contribution in [3.8, 4) is 11.6 Å². The molecule has 0 bridgehead atoms. The Morgan fingerprint density at radius 3 is 2.77 bits per heavy atom. The van der Waals surface area contributed by atoms with Crippen LogP contribution in [0, 0.1) is 0 Å². The molecule has 7 heteroatoms. The van der Waals surface area contributed by atoms with Crippen LogP contribution in [0.25, 0.3) is 10.9 Å². The lowest BCUT2D eigenvalue weighted by molar-refractivity contribution is 0.288. The molecule has 158 valence electrons. The molecule has 0 aliphatic carbocycles. The van der Waals surface area contributed by atoms with E-state index in [-0.39, 0.29) is 10.8 Å². The first kappa shape index (κ1) is 19.6. The smallest absolute Gasteiger partial charge is 0.307 e. The number of anilines is 1. The van der Waals surface area contributed by atoms with Gasteiger partial charge in [-0.25, -0.2) is 4.98 Å². The van der Waals surface area contributed by atoms with E-state index in [4.69, 9.17) is 9.72 Å². The third-order valence-corrected chi connectivity index (χ3v) is 6.56. The number of hydrogen-bond donors (Lipinski definition) is 2. The van der Waals surface area contributed by atoms with Crippen LogP contribution in [0.2, 0.25) is 0 Å². The maximum Gasteiger partial charge on any atom is 0.307 e. The number of thiazole rings is 1. The van der Waals surface area contributed by atoms with Crippen LogP contribution in [0.4, 0.5) is 5.82 Å². The maximum atomic E-state index is 11.3. The van der Waals surface area contributed by atoms with Gasteiger partial charge >= 0.3 is 4.87 Å². The number of rotatable bonds is 6. The Morgan fingerprint density at radius 1 is 1.13 bits per heavy atom. The highest BCUT2D eigenvalue weighted by atomic mass is 32.1. The molecular weight excluding hydrogens is 410 g/mol. The zero-order chi connectivity index (χ0) is 21.2. The third-order valence-electron chi connectivity index (χ3n) is 5.69. The Hall–Kier alpha value is -3.32. The van der Waals surface area contributed by atoms with Crippen molar-refractivity contribution in [2.45, 2.75) is 25.3 Å². The van der Waals surface area contributed by atoms with Gasteiger partial charge < -0.3 is 14.7 Å². The quantitative estimate of drug-likeness (QED) is 0.473. The van der Waals surface area contributed by atoms with Gasteiger partial charge in [-0.05, 0) is 48.7 Å². The fourth-order valence-electron chi connectivity index (χ4n) is 4.08. The number of pyridine rings is 1. The number of aromatic hydroxyl groups is 1. The SMILES string of the molecule is O=c1[nH]c(O)c(Cc2ccc(OC[C@@H]3CCCN3c3ccc4ccccc4n3)cc2)s1. The van der Waals surface area contributed by atoms with Crippen LogP contribution >= 0.6 is 11.3 Å². The summed E-state index contributed by atoms with van der Waals surface area (Å²) >= 11 is 1.04. The molecule has 0 saturated carbocycles. The summed E-state index contributed by atoms with van der Waals surface area (Å²) in [7, 11) is 0. The molecule has 2 aromatic carbocycles. The van der Waals surface area contributed by atoms with Gasteiger partial charge in [0.1, 0.15) is 18.2 Å². The van der Waals surface area contributed by atoms with Gasteiger partial charge in [0.25, 0.3) is 0 Å². The molecule has 5 rings (SSSR count). The molecule has 1 saturated heterocycles. The summed E-state index contributed by atoms with van der Waals surface area (Å²) in [6, 6.07) is 20.5. The molecule has 1 aliphatic rings. The second kappa shape index (κ2) is 8.43. The number of hydrogen-bond acceptors (Lipinski definition) is 6. The Morgan fingerprint density at radius 2 is 1.97 bits per heavy atom. The second-order valence-corrected chi connectivity index (χ2v) is 8.84. The number of benzene rings is 2. The van der Waals surface area contributed by atoms with Crippen LogP contribution < -0.4 is 14.5 Å². The summed E-state index contributed by atoms with van der Waals surface area (Å²) in [6.07, 6.45) is 2.72. The highest BCUT2D eigenvalue weighted by Gasteiger charge is 2.26. The van der Waals surface area contributed by atoms with Crippen molar-refractivity contribution in [2.24, 2.45) is 0 Å². The van der Waals surface area contributed by atoms with Gasteiger partial charge in [-0.3, -0.25) is 9.78 Å². The number of H-pyrrole nitrogens is 1. The lowest BCUT2D eigenvalue weighted by Crippen LogP contribution is -2.34. The largest absolute Gasteiger partial charge is 0.494 e. The molecule has 0 radical (unpaired) electrons. The van der Waals surface area contributed by atoms with Gasteiger partial charge in [0.2, 0.25) is 5.88 Å². The Labute approximate surface area is 183 Å². The normalized spacial score (nSPS) is 16.1. The molecule has 2 aromatic heterocycles. The van der Waals surface area contributed by atoms with Gasteiger partial charge in [0, 0.05) is 18.4 Å². The molecule has 1 atom stereocenters. The fraction of sp³-hybridized carbons (Fsp3) is 0.250. The second-order valence-electron chi connectivity index (χ2n) is 7.77. The van der Waals surface area contributed by atoms with Gasteiger partial charge in [-0.1, -0.05) is 41.7 Å². The maximum absolute atomic E-state index is 11.3. The van der Waals surface area contributed by atoms with E-state index in [9.17, 15) is 9.90 Å². The lowest BCUT2D eigenvalue weighted by Gasteiger charge is -2.26. The molecule has 6 nitrogen and oxygen atoms in total. The number of para-hydroxylation sites is 1.